The summed E-state index contributed by atoms with van der Waals surface area (Å²) in [6.45, 7) is 3.78. The molecule has 0 bridgehead atoms. The van der Waals surface area contributed by atoms with Gasteiger partial charge in [0, 0.05) is 22.6 Å². The van der Waals surface area contributed by atoms with Crippen LogP contribution in [0.25, 0.3) is 11.3 Å². The van der Waals surface area contributed by atoms with Gasteiger partial charge in [-0.2, -0.15) is 5.10 Å². The molecular weight excluding hydrogens is 374 g/mol. The summed E-state index contributed by atoms with van der Waals surface area (Å²) in [6, 6.07) is 10.1. The molecule has 0 aliphatic heterocycles. The highest BCUT2D eigenvalue weighted by atomic mass is 35.5. The molecule has 0 spiro atoms. The Kier molecular flexibility index (Phi) is 5.43. The zero-order chi connectivity index (χ0) is 18.7. The number of rotatable bonds is 5. The van der Waals surface area contributed by atoms with E-state index < -0.39 is 0 Å². The molecule has 0 saturated heterocycles. The molecule has 0 aliphatic rings. The van der Waals surface area contributed by atoms with Crippen molar-refractivity contribution in [2.45, 2.75) is 26.3 Å². The van der Waals surface area contributed by atoms with Crippen LogP contribution < -0.4 is 10.9 Å². The number of nitrogens with zero attached hydrogens (tertiary/aromatic N) is 4. The number of hydrogen-bond donors (Lipinski definition) is 1. The second-order valence-corrected chi connectivity index (χ2v) is 7.32. The number of hydrogen-bond acceptors (Lipinski definition) is 6. The van der Waals surface area contributed by atoms with E-state index in [9.17, 15) is 9.59 Å². The lowest BCUT2D eigenvalue weighted by molar-refractivity contribution is -0.117. The minimum Gasteiger partial charge on any atom is -0.299 e. The molecule has 0 saturated carbocycles. The van der Waals surface area contributed by atoms with Crippen LogP contribution in [0.2, 0.25) is 5.02 Å². The zero-order valence-electron chi connectivity index (χ0n) is 14.1. The maximum absolute atomic E-state index is 12.2. The Bertz CT molecular complexity index is 981. The number of nitrogens with one attached hydrogen (secondary N) is 1. The molecule has 3 rings (SSSR count). The van der Waals surface area contributed by atoms with E-state index in [1.165, 1.54) is 17.4 Å². The van der Waals surface area contributed by atoms with Crippen molar-refractivity contribution in [3.8, 4) is 11.3 Å². The molecule has 1 amide bonds. The topological polar surface area (TPSA) is 89.8 Å². The van der Waals surface area contributed by atoms with Crippen molar-refractivity contribution in [2.24, 2.45) is 0 Å². The molecular formula is C17H16ClN5O2S. The third-order valence-corrected chi connectivity index (χ3v) is 4.87. The van der Waals surface area contributed by atoms with Crippen LogP contribution in [0.15, 0.2) is 41.2 Å². The van der Waals surface area contributed by atoms with Crippen molar-refractivity contribution >= 4 is 34.0 Å². The Balaban J connectivity index is 1.76. The van der Waals surface area contributed by atoms with Crippen molar-refractivity contribution in [1.82, 2.24) is 20.0 Å². The summed E-state index contributed by atoms with van der Waals surface area (Å²) in [7, 11) is 0. The summed E-state index contributed by atoms with van der Waals surface area (Å²) in [6.07, 6.45) is 0. The second kappa shape index (κ2) is 7.76. The van der Waals surface area contributed by atoms with Gasteiger partial charge in [0.2, 0.25) is 11.0 Å². The van der Waals surface area contributed by atoms with E-state index in [0.717, 1.165) is 15.3 Å². The molecule has 0 aliphatic carbocycles. The van der Waals surface area contributed by atoms with Crippen LogP contribution >= 0.6 is 22.9 Å². The molecule has 0 atom stereocenters. The van der Waals surface area contributed by atoms with E-state index in [2.05, 4.69) is 20.6 Å². The van der Waals surface area contributed by atoms with Gasteiger partial charge in [0.05, 0.1) is 5.69 Å². The highest BCUT2D eigenvalue weighted by molar-refractivity contribution is 7.15. The van der Waals surface area contributed by atoms with E-state index in [0.29, 0.717) is 15.8 Å². The third-order valence-electron chi connectivity index (χ3n) is 3.48. The summed E-state index contributed by atoms with van der Waals surface area (Å²) in [4.78, 5) is 24.2. The molecule has 2 aromatic heterocycles. The summed E-state index contributed by atoms with van der Waals surface area (Å²) in [5.41, 5.74) is 1.01. The van der Waals surface area contributed by atoms with E-state index in [1.54, 1.807) is 30.3 Å². The van der Waals surface area contributed by atoms with Gasteiger partial charge in [0.1, 0.15) is 11.6 Å². The molecule has 2 heterocycles. The number of aromatic nitrogens is 4. The first-order valence-corrected chi connectivity index (χ1v) is 9.09. The van der Waals surface area contributed by atoms with Crippen LogP contribution in [0, 0.1) is 0 Å². The highest BCUT2D eigenvalue weighted by Gasteiger charge is 2.12. The zero-order valence-corrected chi connectivity index (χ0v) is 15.7. The molecule has 26 heavy (non-hydrogen) atoms. The SMILES string of the molecule is CC(C)c1nnc(NC(=O)Cn2nc(-c3ccc(Cl)cc3)ccc2=O)s1. The lowest BCUT2D eigenvalue weighted by atomic mass is 10.1. The number of carbonyl (C=O) groups is 1. The van der Waals surface area contributed by atoms with E-state index in [-0.39, 0.29) is 23.9 Å². The molecule has 1 aromatic carbocycles. The third kappa shape index (κ3) is 4.33. The van der Waals surface area contributed by atoms with E-state index >= 15 is 0 Å². The highest BCUT2D eigenvalue weighted by Crippen LogP contribution is 2.22. The Morgan fingerprint density at radius 3 is 2.58 bits per heavy atom. The Labute approximate surface area is 158 Å². The van der Waals surface area contributed by atoms with E-state index in [4.69, 9.17) is 11.6 Å². The largest absolute Gasteiger partial charge is 0.299 e. The smallest absolute Gasteiger partial charge is 0.267 e. The predicted octanol–water partition coefficient (Wildman–Crippen LogP) is 3.18. The first kappa shape index (κ1) is 18.2. The number of anilines is 1. The average molecular weight is 390 g/mol. The van der Waals surface area contributed by atoms with Crippen LogP contribution in [0.1, 0.15) is 24.8 Å². The summed E-state index contributed by atoms with van der Waals surface area (Å²) in [5.74, 6) is -0.155. The Morgan fingerprint density at radius 2 is 1.92 bits per heavy atom. The lowest BCUT2D eigenvalue weighted by Gasteiger charge is -2.07. The van der Waals surface area contributed by atoms with Crippen LogP contribution in [-0.4, -0.2) is 25.9 Å². The molecule has 3 aromatic rings. The number of amides is 1. The molecule has 9 heteroatoms. The van der Waals surface area contributed by atoms with Gasteiger partial charge in [-0.3, -0.25) is 14.9 Å². The monoisotopic (exact) mass is 389 g/mol. The second-order valence-electron chi connectivity index (χ2n) is 5.87. The maximum Gasteiger partial charge on any atom is 0.267 e. The molecule has 0 unspecified atom stereocenters. The van der Waals surface area contributed by atoms with Gasteiger partial charge in [0.25, 0.3) is 5.56 Å². The van der Waals surface area contributed by atoms with Gasteiger partial charge in [-0.15, -0.1) is 10.2 Å². The molecule has 134 valence electrons. The average Bonchev–Trinajstić information content (AvgIpc) is 3.06. The van der Waals surface area contributed by atoms with Crippen LogP contribution in [0.3, 0.4) is 0 Å². The summed E-state index contributed by atoms with van der Waals surface area (Å²) < 4.78 is 1.11. The number of carbonyl (C=O) groups excluding carboxylic acids is 1. The van der Waals surface area contributed by atoms with Crippen molar-refractivity contribution in [2.75, 3.05) is 5.32 Å². The molecule has 7 nitrogen and oxygen atoms in total. The first-order valence-electron chi connectivity index (χ1n) is 7.90. The van der Waals surface area contributed by atoms with Gasteiger partial charge < -0.3 is 0 Å². The maximum atomic E-state index is 12.2. The van der Waals surface area contributed by atoms with Crippen molar-refractivity contribution in [3.05, 3.63) is 56.8 Å². The van der Waals surface area contributed by atoms with Gasteiger partial charge in [-0.1, -0.05) is 48.9 Å². The lowest BCUT2D eigenvalue weighted by Crippen LogP contribution is -2.29. The van der Waals surface area contributed by atoms with Gasteiger partial charge in [-0.05, 0) is 18.2 Å². The van der Waals surface area contributed by atoms with Gasteiger partial charge in [-0.25, -0.2) is 4.68 Å². The predicted molar refractivity (Wildman–Crippen MR) is 102 cm³/mol. The quantitative estimate of drug-likeness (QED) is 0.723. The minimum atomic E-state index is -0.390. The van der Waals surface area contributed by atoms with Gasteiger partial charge >= 0.3 is 0 Å². The van der Waals surface area contributed by atoms with Crippen LogP contribution in [-0.2, 0) is 11.3 Å². The van der Waals surface area contributed by atoms with Crippen molar-refractivity contribution in [3.63, 3.8) is 0 Å². The summed E-state index contributed by atoms with van der Waals surface area (Å²) >= 11 is 7.20. The Hall–Kier alpha value is -2.58. The number of halogens is 1. The van der Waals surface area contributed by atoms with Crippen molar-refractivity contribution in [1.29, 1.82) is 0 Å². The first-order chi connectivity index (χ1) is 12.4. The minimum absolute atomic E-state index is 0.211. The van der Waals surface area contributed by atoms with Gasteiger partial charge in [0.15, 0.2) is 0 Å². The fourth-order valence-corrected chi connectivity index (χ4v) is 3.04. The Morgan fingerprint density at radius 1 is 1.19 bits per heavy atom. The normalized spacial score (nSPS) is 10.9. The van der Waals surface area contributed by atoms with Crippen molar-refractivity contribution < 1.29 is 4.79 Å². The molecule has 0 fully saturated rings. The number of benzene rings is 1. The van der Waals surface area contributed by atoms with Crippen LogP contribution in [0.4, 0.5) is 5.13 Å². The summed E-state index contributed by atoms with van der Waals surface area (Å²) in [5, 5.41) is 16.7. The fraction of sp³-hybridized carbons (Fsp3) is 0.235. The molecule has 0 radical (unpaired) electrons. The fourth-order valence-electron chi connectivity index (χ4n) is 2.15. The standard InChI is InChI=1S/C17H16ClN5O2S/c1-10(2)16-20-21-17(26-16)19-14(24)9-23-15(25)8-7-13(22-23)11-3-5-12(18)6-4-11/h3-8,10H,9H2,1-2H3,(H,19,21,24). The molecule has 1 N–H and O–H groups in total. The van der Waals surface area contributed by atoms with Crippen LogP contribution in [0.5, 0.6) is 0 Å². The van der Waals surface area contributed by atoms with E-state index in [1.807, 2.05) is 13.8 Å².